The second kappa shape index (κ2) is 8.43. The zero-order valence-electron chi connectivity index (χ0n) is 18.0. The van der Waals surface area contributed by atoms with Gasteiger partial charge in [0.15, 0.2) is 5.43 Å². The molecule has 0 saturated heterocycles. The average molecular weight is 437 g/mol. The van der Waals surface area contributed by atoms with Crippen molar-refractivity contribution in [3.8, 4) is 5.75 Å². The monoisotopic (exact) mass is 437 g/mol. The van der Waals surface area contributed by atoms with E-state index < -0.39 is 16.9 Å². The van der Waals surface area contributed by atoms with Gasteiger partial charge in [0.2, 0.25) is 5.76 Å². The van der Waals surface area contributed by atoms with Crippen molar-refractivity contribution in [1.29, 1.82) is 0 Å². The van der Waals surface area contributed by atoms with Crippen molar-refractivity contribution >= 4 is 22.6 Å². The van der Waals surface area contributed by atoms with Gasteiger partial charge in [-0.15, -0.1) is 0 Å². The minimum atomic E-state index is -0.762. The van der Waals surface area contributed by atoms with Crippen LogP contribution in [0.2, 0.25) is 0 Å². The fourth-order valence-corrected chi connectivity index (χ4v) is 4.07. The number of hydrogen-bond acceptors (Lipinski definition) is 7. The lowest BCUT2D eigenvalue weighted by Crippen LogP contribution is -2.32. The average Bonchev–Trinajstić information content (AvgIpc) is 3.05. The Morgan fingerprint density at radius 3 is 2.66 bits per heavy atom. The summed E-state index contributed by atoms with van der Waals surface area (Å²) < 4.78 is 11.1. The van der Waals surface area contributed by atoms with E-state index in [1.54, 1.807) is 35.2 Å². The molecule has 2 heterocycles. The van der Waals surface area contributed by atoms with Crippen LogP contribution in [0.1, 0.15) is 34.1 Å². The van der Waals surface area contributed by atoms with E-state index in [1.165, 1.54) is 19.2 Å². The van der Waals surface area contributed by atoms with Crippen LogP contribution < -0.4 is 10.2 Å². The highest BCUT2D eigenvalue weighted by molar-refractivity contribution is 5.99. The van der Waals surface area contributed by atoms with Gasteiger partial charge in [0.1, 0.15) is 11.3 Å². The van der Waals surface area contributed by atoms with Gasteiger partial charge >= 0.3 is 0 Å². The van der Waals surface area contributed by atoms with Crippen molar-refractivity contribution in [2.75, 3.05) is 34.3 Å². The molecule has 3 aromatic rings. The van der Waals surface area contributed by atoms with E-state index in [1.807, 2.05) is 19.0 Å². The molecular weight excluding hydrogens is 414 g/mol. The van der Waals surface area contributed by atoms with Crippen LogP contribution in [0.4, 0.5) is 5.69 Å². The largest absolute Gasteiger partial charge is 0.497 e. The van der Waals surface area contributed by atoms with Crippen LogP contribution in [0.15, 0.2) is 51.7 Å². The Morgan fingerprint density at radius 1 is 1.19 bits per heavy atom. The van der Waals surface area contributed by atoms with Crippen LogP contribution in [-0.2, 0) is 0 Å². The van der Waals surface area contributed by atoms with E-state index in [-0.39, 0.29) is 28.0 Å². The summed E-state index contributed by atoms with van der Waals surface area (Å²) >= 11 is 0. The fourth-order valence-electron chi connectivity index (χ4n) is 4.07. The number of non-ortho nitro benzene ring substituents is 1. The molecule has 1 aliphatic rings. The second-order valence-electron chi connectivity index (χ2n) is 7.95. The summed E-state index contributed by atoms with van der Waals surface area (Å²) in [5.74, 6) is 0.0679. The second-order valence-corrected chi connectivity index (χ2v) is 7.95. The van der Waals surface area contributed by atoms with Crippen LogP contribution in [0, 0.1) is 10.1 Å². The predicted molar refractivity (Wildman–Crippen MR) is 118 cm³/mol. The van der Waals surface area contributed by atoms with Crippen molar-refractivity contribution in [2.45, 2.75) is 12.5 Å². The van der Waals surface area contributed by atoms with E-state index in [0.29, 0.717) is 29.7 Å². The lowest BCUT2D eigenvalue weighted by Gasteiger charge is -2.25. The van der Waals surface area contributed by atoms with Gasteiger partial charge in [0.25, 0.3) is 11.6 Å². The standard InChI is InChI=1S/C23H23N3O6/c1-24(2)10-5-11-25-20(14-6-4-7-15(12-14)26(29)30)19-21(27)17-9-8-16(31-3)13-18(17)32-22(19)23(25)28/h4,6-9,12-13,20H,5,10-11H2,1-3H3/t20-/m1/s1. The SMILES string of the molecule is COc1ccc2c(=O)c3c(oc2c1)C(=O)N(CCCN(C)C)[C@@H]3c1cccc([N+](=O)[O-])c1. The number of carbonyl (C=O) groups is 1. The van der Waals surface area contributed by atoms with Crippen molar-refractivity contribution in [1.82, 2.24) is 9.80 Å². The van der Waals surface area contributed by atoms with Crippen LogP contribution in [0.5, 0.6) is 5.75 Å². The molecule has 0 N–H and O–H groups in total. The van der Waals surface area contributed by atoms with Gasteiger partial charge in [-0.1, -0.05) is 12.1 Å². The van der Waals surface area contributed by atoms with Crippen LogP contribution in [0.3, 0.4) is 0 Å². The number of carbonyl (C=O) groups excluding carboxylic acids is 1. The summed E-state index contributed by atoms with van der Waals surface area (Å²) in [6, 6.07) is 10.1. The zero-order valence-corrected chi connectivity index (χ0v) is 18.0. The third-order valence-corrected chi connectivity index (χ3v) is 5.58. The lowest BCUT2D eigenvalue weighted by atomic mass is 9.98. The number of ether oxygens (including phenoxy) is 1. The van der Waals surface area contributed by atoms with Gasteiger partial charge in [-0.25, -0.2) is 0 Å². The number of nitro groups is 1. The molecule has 1 aliphatic heterocycles. The molecule has 9 nitrogen and oxygen atoms in total. The van der Waals surface area contributed by atoms with Gasteiger partial charge in [-0.2, -0.15) is 0 Å². The first kappa shape index (κ1) is 21.5. The molecule has 166 valence electrons. The first-order valence-corrected chi connectivity index (χ1v) is 10.2. The minimum Gasteiger partial charge on any atom is -0.497 e. The molecule has 0 spiro atoms. The first-order chi connectivity index (χ1) is 15.3. The molecule has 9 heteroatoms. The molecule has 0 aliphatic carbocycles. The van der Waals surface area contributed by atoms with Crippen molar-refractivity contribution < 1.29 is 18.9 Å². The molecule has 0 saturated carbocycles. The number of rotatable bonds is 7. The topological polar surface area (TPSA) is 106 Å². The maximum absolute atomic E-state index is 13.5. The highest BCUT2D eigenvalue weighted by Crippen LogP contribution is 2.39. The Labute approximate surface area is 183 Å². The molecule has 2 aromatic carbocycles. The quantitative estimate of drug-likeness (QED) is 0.413. The molecule has 1 amide bonds. The number of amides is 1. The molecule has 0 bridgehead atoms. The molecule has 4 rings (SSSR count). The molecule has 1 aromatic heterocycles. The predicted octanol–water partition coefficient (Wildman–Crippen LogP) is 3.21. The van der Waals surface area contributed by atoms with E-state index >= 15 is 0 Å². The number of hydrogen-bond donors (Lipinski definition) is 0. The van der Waals surface area contributed by atoms with E-state index in [0.717, 1.165) is 6.54 Å². The zero-order chi connectivity index (χ0) is 23.0. The summed E-state index contributed by atoms with van der Waals surface area (Å²) in [4.78, 5) is 41.2. The van der Waals surface area contributed by atoms with E-state index in [9.17, 15) is 19.7 Å². The summed E-state index contributed by atoms with van der Waals surface area (Å²) in [6.07, 6.45) is 0.666. The Bertz CT molecular complexity index is 1270. The van der Waals surface area contributed by atoms with Crippen LogP contribution in [-0.4, -0.2) is 54.9 Å². The Morgan fingerprint density at radius 2 is 1.97 bits per heavy atom. The molecular formula is C23H23N3O6. The highest BCUT2D eigenvalue weighted by Gasteiger charge is 2.42. The summed E-state index contributed by atoms with van der Waals surface area (Å²) in [5.41, 5.74) is 0.527. The van der Waals surface area contributed by atoms with Crippen LogP contribution >= 0.6 is 0 Å². The summed E-state index contributed by atoms with van der Waals surface area (Å²) in [7, 11) is 5.37. The highest BCUT2D eigenvalue weighted by atomic mass is 16.6. The summed E-state index contributed by atoms with van der Waals surface area (Å²) in [5, 5.41) is 11.7. The van der Waals surface area contributed by atoms with Crippen LogP contribution in [0.25, 0.3) is 11.0 Å². The molecule has 0 unspecified atom stereocenters. The number of fused-ring (bicyclic) bond motifs is 2. The van der Waals surface area contributed by atoms with Gasteiger partial charge in [-0.05, 0) is 44.8 Å². The van der Waals surface area contributed by atoms with Gasteiger partial charge in [0.05, 0.1) is 29.0 Å². The fraction of sp³-hybridized carbons (Fsp3) is 0.304. The van der Waals surface area contributed by atoms with E-state index in [2.05, 4.69) is 0 Å². The molecule has 1 atom stereocenters. The number of methoxy groups -OCH3 is 1. The number of nitrogens with zero attached hydrogens (tertiary/aromatic N) is 3. The normalized spacial score (nSPS) is 15.4. The molecule has 32 heavy (non-hydrogen) atoms. The smallest absolute Gasteiger partial charge is 0.290 e. The summed E-state index contributed by atoms with van der Waals surface area (Å²) in [6.45, 7) is 1.11. The van der Waals surface area contributed by atoms with Crippen molar-refractivity contribution in [3.05, 3.63) is 79.7 Å². The van der Waals surface area contributed by atoms with Gasteiger partial charge in [0, 0.05) is 24.7 Å². The number of nitro benzene ring substituents is 1. The van der Waals surface area contributed by atoms with Gasteiger partial charge < -0.3 is 19.0 Å². The maximum atomic E-state index is 13.5. The van der Waals surface area contributed by atoms with E-state index in [4.69, 9.17) is 9.15 Å². The lowest BCUT2D eigenvalue weighted by molar-refractivity contribution is -0.384. The van der Waals surface area contributed by atoms with Crippen molar-refractivity contribution in [2.24, 2.45) is 0 Å². The number of benzene rings is 2. The van der Waals surface area contributed by atoms with Crippen molar-refractivity contribution in [3.63, 3.8) is 0 Å². The first-order valence-electron chi connectivity index (χ1n) is 10.2. The molecule has 0 fully saturated rings. The maximum Gasteiger partial charge on any atom is 0.290 e. The minimum absolute atomic E-state index is 0.0305. The van der Waals surface area contributed by atoms with Gasteiger partial charge in [-0.3, -0.25) is 19.7 Å². The Balaban J connectivity index is 1.90. The Kier molecular flexibility index (Phi) is 5.67. The third-order valence-electron chi connectivity index (χ3n) is 5.58. The molecule has 0 radical (unpaired) electrons. The third kappa shape index (κ3) is 3.71. The Hall–Kier alpha value is -3.72.